The van der Waals surface area contributed by atoms with E-state index in [0.717, 1.165) is 11.1 Å². The highest BCUT2D eigenvalue weighted by atomic mass is 16.5. The average Bonchev–Trinajstić information content (AvgIpc) is 2.90. The van der Waals surface area contributed by atoms with Gasteiger partial charge in [0.1, 0.15) is 12.4 Å². The minimum Gasteiger partial charge on any atom is -0.497 e. The Balaban J connectivity index is 1.82. The number of amides is 2. The first kappa shape index (κ1) is 24.7. The molecule has 1 heterocycles. The fourth-order valence-corrected chi connectivity index (χ4v) is 4.15. The van der Waals surface area contributed by atoms with Crippen LogP contribution in [-0.4, -0.2) is 33.3 Å². The van der Waals surface area contributed by atoms with Crippen LogP contribution in [0.15, 0.2) is 72.3 Å². The number of benzene rings is 3. The number of methoxy groups -OCH3 is 3. The van der Waals surface area contributed by atoms with Crippen molar-refractivity contribution in [2.75, 3.05) is 21.3 Å². The molecule has 4 rings (SSSR count). The van der Waals surface area contributed by atoms with Gasteiger partial charge in [0.05, 0.1) is 38.6 Å². The Kier molecular flexibility index (Phi) is 7.44. The number of hydrogen-bond acceptors (Lipinski definition) is 6. The Bertz CT molecular complexity index is 1300. The van der Waals surface area contributed by atoms with Crippen LogP contribution in [-0.2, 0) is 16.1 Å². The van der Waals surface area contributed by atoms with Crippen molar-refractivity contribution < 1.29 is 28.5 Å². The lowest BCUT2D eigenvalue weighted by Gasteiger charge is -2.30. The number of carbonyl (C=O) groups is 2. The Morgan fingerprint density at radius 1 is 0.944 bits per heavy atom. The first-order chi connectivity index (χ1) is 17.4. The maximum Gasteiger partial charge on any atom is 0.338 e. The van der Waals surface area contributed by atoms with Crippen LogP contribution in [0.4, 0.5) is 4.79 Å². The molecule has 0 radical (unpaired) electrons. The molecule has 0 aliphatic carbocycles. The molecule has 0 bridgehead atoms. The third kappa shape index (κ3) is 5.12. The molecule has 2 amide bonds. The first-order valence-electron chi connectivity index (χ1n) is 11.3. The van der Waals surface area contributed by atoms with E-state index in [1.807, 2.05) is 31.2 Å². The summed E-state index contributed by atoms with van der Waals surface area (Å²) < 4.78 is 22.2. The Hall–Kier alpha value is -4.46. The van der Waals surface area contributed by atoms with Gasteiger partial charge in [-0.25, -0.2) is 9.59 Å². The molecule has 0 aromatic heterocycles. The second-order valence-corrected chi connectivity index (χ2v) is 8.20. The summed E-state index contributed by atoms with van der Waals surface area (Å²) >= 11 is 0. The maximum atomic E-state index is 13.1. The van der Waals surface area contributed by atoms with Crippen LogP contribution in [0.25, 0.3) is 5.70 Å². The predicted molar refractivity (Wildman–Crippen MR) is 135 cm³/mol. The quantitative estimate of drug-likeness (QED) is 0.453. The van der Waals surface area contributed by atoms with Gasteiger partial charge in [0.15, 0.2) is 11.5 Å². The molecule has 2 N–H and O–H groups in total. The van der Waals surface area contributed by atoms with E-state index in [1.165, 1.54) is 7.11 Å². The molecule has 0 saturated heterocycles. The zero-order valence-electron chi connectivity index (χ0n) is 20.6. The highest BCUT2D eigenvalue weighted by molar-refractivity contribution is 6.04. The van der Waals surface area contributed by atoms with Gasteiger partial charge in [-0.3, -0.25) is 0 Å². The third-order valence-corrected chi connectivity index (χ3v) is 5.86. The van der Waals surface area contributed by atoms with E-state index in [9.17, 15) is 9.59 Å². The summed E-state index contributed by atoms with van der Waals surface area (Å²) in [7, 11) is 4.41. The summed E-state index contributed by atoms with van der Waals surface area (Å²) in [6.07, 6.45) is 0. The molecule has 1 aliphatic heterocycles. The topological polar surface area (TPSA) is 95.1 Å². The number of para-hydroxylation sites is 1. The number of nitrogens with one attached hydrogen (secondary N) is 2. The van der Waals surface area contributed by atoms with Crippen molar-refractivity contribution in [1.29, 1.82) is 0 Å². The third-order valence-electron chi connectivity index (χ3n) is 5.86. The van der Waals surface area contributed by atoms with E-state index in [0.29, 0.717) is 34.1 Å². The monoisotopic (exact) mass is 488 g/mol. The standard InChI is InChI=1S/C28H28N2O6/c1-17-7-5-8-18(15-17)16-36-26-21(9-6-10-22(26)34-3)25-23(27(31)35-4)24(29-28(32)30-25)19-11-13-20(33-2)14-12-19/h5-15,25H,16H2,1-4H3,(H2,29,30,32). The maximum absolute atomic E-state index is 13.1. The lowest BCUT2D eigenvalue weighted by molar-refractivity contribution is -0.136. The highest BCUT2D eigenvalue weighted by Gasteiger charge is 2.36. The molecule has 8 heteroatoms. The number of esters is 1. The molecule has 186 valence electrons. The number of rotatable bonds is 8. The van der Waals surface area contributed by atoms with Crippen molar-refractivity contribution >= 4 is 17.7 Å². The Morgan fingerprint density at radius 2 is 1.69 bits per heavy atom. The van der Waals surface area contributed by atoms with E-state index >= 15 is 0 Å². The summed E-state index contributed by atoms with van der Waals surface area (Å²) in [6.45, 7) is 2.29. The smallest absolute Gasteiger partial charge is 0.338 e. The molecular formula is C28H28N2O6. The van der Waals surface area contributed by atoms with Crippen LogP contribution in [0, 0.1) is 6.92 Å². The molecule has 1 aliphatic rings. The normalized spacial score (nSPS) is 15.0. The van der Waals surface area contributed by atoms with E-state index in [1.54, 1.807) is 56.7 Å². The van der Waals surface area contributed by atoms with Gasteiger partial charge in [-0.05, 0) is 48.4 Å². The lowest BCUT2D eigenvalue weighted by atomic mass is 9.92. The summed E-state index contributed by atoms with van der Waals surface area (Å²) in [5.41, 5.74) is 3.84. The Morgan fingerprint density at radius 3 is 2.36 bits per heavy atom. The van der Waals surface area contributed by atoms with Gasteiger partial charge in [0.25, 0.3) is 0 Å². The SMILES string of the molecule is COC(=O)C1=C(c2ccc(OC)cc2)NC(=O)NC1c1cccc(OC)c1OCc1cccc(C)c1. The van der Waals surface area contributed by atoms with Gasteiger partial charge in [0.2, 0.25) is 0 Å². The zero-order chi connectivity index (χ0) is 25.7. The van der Waals surface area contributed by atoms with E-state index in [-0.39, 0.29) is 12.2 Å². The zero-order valence-corrected chi connectivity index (χ0v) is 20.6. The minimum absolute atomic E-state index is 0.232. The Labute approximate surface area is 209 Å². The largest absolute Gasteiger partial charge is 0.497 e. The summed E-state index contributed by atoms with van der Waals surface area (Å²) in [5, 5.41) is 5.61. The highest BCUT2D eigenvalue weighted by Crippen LogP contribution is 2.41. The van der Waals surface area contributed by atoms with Crippen LogP contribution in [0.3, 0.4) is 0 Å². The first-order valence-corrected chi connectivity index (χ1v) is 11.3. The molecule has 0 saturated carbocycles. The number of carbonyl (C=O) groups excluding carboxylic acids is 2. The van der Waals surface area contributed by atoms with Crippen molar-refractivity contribution in [1.82, 2.24) is 10.6 Å². The molecule has 3 aromatic rings. The van der Waals surface area contributed by atoms with Gasteiger partial charge in [-0.1, -0.05) is 42.0 Å². The molecule has 3 aromatic carbocycles. The lowest BCUT2D eigenvalue weighted by Crippen LogP contribution is -2.45. The van der Waals surface area contributed by atoms with Gasteiger partial charge >= 0.3 is 12.0 Å². The van der Waals surface area contributed by atoms with E-state index in [2.05, 4.69) is 10.6 Å². The van der Waals surface area contributed by atoms with Gasteiger partial charge < -0.3 is 29.6 Å². The van der Waals surface area contributed by atoms with Crippen LogP contribution in [0.5, 0.6) is 17.2 Å². The summed E-state index contributed by atoms with van der Waals surface area (Å²) in [4.78, 5) is 25.9. The molecule has 36 heavy (non-hydrogen) atoms. The van der Waals surface area contributed by atoms with Crippen molar-refractivity contribution in [3.8, 4) is 17.2 Å². The molecule has 1 unspecified atom stereocenters. The number of aryl methyl sites for hydroxylation is 1. The number of ether oxygens (including phenoxy) is 4. The van der Waals surface area contributed by atoms with Crippen molar-refractivity contribution in [3.05, 3.63) is 94.6 Å². The molecule has 1 atom stereocenters. The molecular weight excluding hydrogens is 460 g/mol. The van der Waals surface area contributed by atoms with Crippen LogP contribution in [0.1, 0.15) is 28.3 Å². The van der Waals surface area contributed by atoms with Crippen molar-refractivity contribution in [2.45, 2.75) is 19.6 Å². The molecule has 0 fully saturated rings. The number of hydrogen-bond donors (Lipinski definition) is 2. The fraction of sp³-hybridized carbons (Fsp3) is 0.214. The van der Waals surface area contributed by atoms with Crippen molar-refractivity contribution in [2.24, 2.45) is 0 Å². The minimum atomic E-state index is -0.856. The van der Waals surface area contributed by atoms with E-state index in [4.69, 9.17) is 18.9 Å². The average molecular weight is 489 g/mol. The van der Waals surface area contributed by atoms with Crippen LogP contribution in [0.2, 0.25) is 0 Å². The fourth-order valence-electron chi connectivity index (χ4n) is 4.15. The van der Waals surface area contributed by atoms with Crippen molar-refractivity contribution in [3.63, 3.8) is 0 Å². The molecule has 8 nitrogen and oxygen atoms in total. The van der Waals surface area contributed by atoms with Crippen LogP contribution < -0.4 is 24.8 Å². The van der Waals surface area contributed by atoms with Gasteiger partial charge in [-0.2, -0.15) is 0 Å². The van der Waals surface area contributed by atoms with Gasteiger partial charge in [-0.15, -0.1) is 0 Å². The van der Waals surface area contributed by atoms with Gasteiger partial charge in [0, 0.05) is 5.56 Å². The summed E-state index contributed by atoms with van der Waals surface area (Å²) in [5.74, 6) is 0.952. The number of urea groups is 1. The van der Waals surface area contributed by atoms with E-state index < -0.39 is 18.0 Å². The van der Waals surface area contributed by atoms with Crippen LogP contribution >= 0.6 is 0 Å². The molecule has 0 spiro atoms. The predicted octanol–water partition coefficient (Wildman–Crippen LogP) is 4.53. The summed E-state index contributed by atoms with van der Waals surface area (Å²) in [6, 6.07) is 19.0. The second-order valence-electron chi connectivity index (χ2n) is 8.20. The second kappa shape index (κ2) is 10.9.